The molecule has 2 heterocycles. The molecule has 0 spiro atoms. The molecule has 1 aliphatic heterocycles. The summed E-state index contributed by atoms with van der Waals surface area (Å²) < 4.78 is 13.1. The third kappa shape index (κ3) is 3.82. The smallest absolute Gasteiger partial charge is 0.244 e. The van der Waals surface area contributed by atoms with Crippen LogP contribution < -0.4 is 14.8 Å². The Kier molecular flexibility index (Phi) is 5.21. The van der Waals surface area contributed by atoms with Gasteiger partial charge in [0.05, 0.1) is 16.1 Å². The Hall–Kier alpha value is -2.99. The van der Waals surface area contributed by atoms with Crippen molar-refractivity contribution in [1.29, 1.82) is 0 Å². The molecule has 1 aliphatic rings. The molecule has 4 rings (SSSR count). The van der Waals surface area contributed by atoms with Crippen LogP contribution in [0.15, 0.2) is 42.5 Å². The summed E-state index contributed by atoms with van der Waals surface area (Å²) in [5, 5.41) is 3.37. The molecule has 0 atom stereocenters. The third-order valence-electron chi connectivity index (χ3n) is 4.53. The average molecular weight is 398 g/mol. The standard InChI is InChI=1S/C21H20ClN3O3/c1-14-24-17-4-2-3-5-18(17)25(14)9-8-23-20(26)7-6-15-12-16(22)21-19(13-15)27-10-11-28-21/h2-7,12-13H,8-11H2,1H3,(H,23,26)/b7-6+. The summed E-state index contributed by atoms with van der Waals surface area (Å²) in [6, 6.07) is 11.5. The number of hydrogen-bond acceptors (Lipinski definition) is 4. The highest BCUT2D eigenvalue weighted by Crippen LogP contribution is 2.38. The highest BCUT2D eigenvalue weighted by Gasteiger charge is 2.16. The molecule has 0 bridgehead atoms. The van der Waals surface area contributed by atoms with Crippen molar-refractivity contribution in [3.8, 4) is 11.5 Å². The van der Waals surface area contributed by atoms with E-state index in [-0.39, 0.29) is 5.91 Å². The second kappa shape index (κ2) is 7.94. The van der Waals surface area contributed by atoms with E-state index in [4.69, 9.17) is 21.1 Å². The summed E-state index contributed by atoms with van der Waals surface area (Å²) >= 11 is 6.22. The van der Waals surface area contributed by atoms with Gasteiger partial charge < -0.3 is 19.4 Å². The fraction of sp³-hybridized carbons (Fsp3) is 0.238. The SMILES string of the molecule is Cc1nc2ccccc2n1CCNC(=O)/C=C/c1cc(Cl)c2c(c1)OCCO2. The van der Waals surface area contributed by atoms with Gasteiger partial charge in [0.15, 0.2) is 11.5 Å². The number of hydrogen-bond donors (Lipinski definition) is 1. The molecule has 6 nitrogen and oxygen atoms in total. The van der Waals surface area contributed by atoms with Gasteiger partial charge in [0, 0.05) is 19.2 Å². The molecule has 2 aromatic carbocycles. The van der Waals surface area contributed by atoms with E-state index in [0.717, 1.165) is 22.4 Å². The van der Waals surface area contributed by atoms with Crippen molar-refractivity contribution in [3.63, 3.8) is 0 Å². The molecule has 1 amide bonds. The maximum Gasteiger partial charge on any atom is 0.244 e. The molecule has 144 valence electrons. The lowest BCUT2D eigenvalue weighted by molar-refractivity contribution is -0.116. The minimum atomic E-state index is -0.173. The maximum atomic E-state index is 12.2. The zero-order chi connectivity index (χ0) is 19.5. The van der Waals surface area contributed by atoms with Gasteiger partial charge in [0.1, 0.15) is 19.0 Å². The van der Waals surface area contributed by atoms with Crippen molar-refractivity contribution in [2.75, 3.05) is 19.8 Å². The molecule has 0 saturated heterocycles. The van der Waals surface area contributed by atoms with Gasteiger partial charge in [-0.3, -0.25) is 4.79 Å². The number of imidazole rings is 1. The van der Waals surface area contributed by atoms with E-state index < -0.39 is 0 Å². The Morgan fingerprint density at radius 1 is 1.29 bits per heavy atom. The van der Waals surface area contributed by atoms with E-state index in [9.17, 15) is 4.79 Å². The molecule has 0 saturated carbocycles. The van der Waals surface area contributed by atoms with Crippen LogP contribution in [0.1, 0.15) is 11.4 Å². The Morgan fingerprint density at radius 3 is 3.00 bits per heavy atom. The van der Waals surface area contributed by atoms with E-state index in [2.05, 4.69) is 14.9 Å². The zero-order valence-corrected chi connectivity index (χ0v) is 16.2. The topological polar surface area (TPSA) is 65.4 Å². The van der Waals surface area contributed by atoms with Crippen LogP contribution >= 0.6 is 11.6 Å². The lowest BCUT2D eigenvalue weighted by atomic mass is 10.1. The van der Waals surface area contributed by atoms with Gasteiger partial charge in [-0.05, 0) is 42.8 Å². The summed E-state index contributed by atoms with van der Waals surface area (Å²) in [6.45, 7) is 4.09. The number of carbonyl (C=O) groups excluding carboxylic acids is 1. The van der Waals surface area contributed by atoms with Crippen molar-refractivity contribution in [3.05, 3.63) is 58.9 Å². The normalized spacial score (nSPS) is 13.2. The maximum absolute atomic E-state index is 12.2. The van der Waals surface area contributed by atoms with E-state index in [1.807, 2.05) is 37.3 Å². The number of rotatable bonds is 5. The predicted molar refractivity (Wildman–Crippen MR) is 109 cm³/mol. The summed E-state index contributed by atoms with van der Waals surface area (Å²) in [6.07, 6.45) is 3.19. The van der Waals surface area contributed by atoms with Crippen LogP contribution in [0.5, 0.6) is 11.5 Å². The van der Waals surface area contributed by atoms with Crippen LogP contribution in [0.25, 0.3) is 17.1 Å². The first kappa shape index (κ1) is 18.4. The lowest BCUT2D eigenvalue weighted by Crippen LogP contribution is -2.25. The second-order valence-electron chi connectivity index (χ2n) is 6.45. The van der Waals surface area contributed by atoms with Gasteiger partial charge in [-0.1, -0.05) is 23.7 Å². The monoisotopic (exact) mass is 397 g/mol. The fourth-order valence-electron chi connectivity index (χ4n) is 3.23. The number of amides is 1. The summed E-state index contributed by atoms with van der Waals surface area (Å²) in [4.78, 5) is 16.7. The number of benzene rings is 2. The molecule has 0 fully saturated rings. The second-order valence-corrected chi connectivity index (χ2v) is 6.86. The van der Waals surface area contributed by atoms with E-state index in [1.54, 1.807) is 12.1 Å². The Balaban J connectivity index is 1.37. The van der Waals surface area contributed by atoms with Crippen LogP contribution in [0.4, 0.5) is 0 Å². The highest BCUT2D eigenvalue weighted by molar-refractivity contribution is 6.32. The van der Waals surface area contributed by atoms with Crippen LogP contribution in [0.2, 0.25) is 5.02 Å². The van der Waals surface area contributed by atoms with Crippen LogP contribution in [-0.4, -0.2) is 35.2 Å². The minimum Gasteiger partial charge on any atom is -0.486 e. The number of ether oxygens (including phenoxy) is 2. The van der Waals surface area contributed by atoms with Crippen molar-refractivity contribution in [2.24, 2.45) is 0 Å². The van der Waals surface area contributed by atoms with Crippen molar-refractivity contribution in [1.82, 2.24) is 14.9 Å². The van der Waals surface area contributed by atoms with E-state index in [0.29, 0.717) is 42.8 Å². The van der Waals surface area contributed by atoms with Crippen LogP contribution in [0, 0.1) is 6.92 Å². The fourth-order valence-corrected chi connectivity index (χ4v) is 3.50. The largest absolute Gasteiger partial charge is 0.486 e. The molecule has 0 aliphatic carbocycles. The highest BCUT2D eigenvalue weighted by atomic mass is 35.5. The Bertz CT molecular complexity index is 1060. The van der Waals surface area contributed by atoms with E-state index >= 15 is 0 Å². The molecule has 3 aromatic rings. The molecule has 0 unspecified atom stereocenters. The van der Waals surface area contributed by atoms with Crippen molar-refractivity contribution >= 4 is 34.6 Å². The number of fused-ring (bicyclic) bond motifs is 2. The predicted octanol–water partition coefficient (Wildman–Crippen LogP) is 3.60. The van der Waals surface area contributed by atoms with Gasteiger partial charge in [0.25, 0.3) is 0 Å². The molecule has 7 heteroatoms. The van der Waals surface area contributed by atoms with Crippen molar-refractivity contribution in [2.45, 2.75) is 13.5 Å². The number of aromatic nitrogens is 2. The molecule has 0 radical (unpaired) electrons. The quantitative estimate of drug-likeness (QED) is 0.668. The van der Waals surface area contributed by atoms with Gasteiger partial charge in [-0.15, -0.1) is 0 Å². The first-order valence-corrected chi connectivity index (χ1v) is 9.46. The number of nitrogens with one attached hydrogen (secondary N) is 1. The summed E-state index contributed by atoms with van der Waals surface area (Å²) in [7, 11) is 0. The van der Waals surface area contributed by atoms with Crippen molar-refractivity contribution < 1.29 is 14.3 Å². The van der Waals surface area contributed by atoms with Gasteiger partial charge >= 0.3 is 0 Å². The van der Waals surface area contributed by atoms with Crippen LogP contribution in [-0.2, 0) is 11.3 Å². The third-order valence-corrected chi connectivity index (χ3v) is 4.81. The van der Waals surface area contributed by atoms with Gasteiger partial charge in [0.2, 0.25) is 5.91 Å². The summed E-state index contributed by atoms with van der Waals surface area (Å²) in [5.41, 5.74) is 2.80. The number of halogens is 1. The number of carbonyl (C=O) groups is 1. The lowest BCUT2D eigenvalue weighted by Gasteiger charge is -2.19. The van der Waals surface area contributed by atoms with Crippen LogP contribution in [0.3, 0.4) is 0 Å². The average Bonchev–Trinajstić information content (AvgIpc) is 3.02. The molecular formula is C21H20ClN3O3. The molecule has 1 N–H and O–H groups in total. The zero-order valence-electron chi connectivity index (χ0n) is 15.4. The van der Waals surface area contributed by atoms with Gasteiger partial charge in [-0.2, -0.15) is 0 Å². The Morgan fingerprint density at radius 2 is 2.11 bits per heavy atom. The first-order valence-electron chi connectivity index (χ1n) is 9.09. The summed E-state index contributed by atoms with van der Waals surface area (Å²) in [5.74, 6) is 1.91. The number of aryl methyl sites for hydroxylation is 1. The first-order chi connectivity index (χ1) is 13.6. The number of para-hydroxylation sites is 2. The number of nitrogens with zero attached hydrogens (tertiary/aromatic N) is 2. The minimum absolute atomic E-state index is 0.173. The van der Waals surface area contributed by atoms with E-state index in [1.165, 1.54) is 6.08 Å². The molecule has 28 heavy (non-hydrogen) atoms. The van der Waals surface area contributed by atoms with Gasteiger partial charge in [-0.25, -0.2) is 4.98 Å². The molecular weight excluding hydrogens is 378 g/mol. The Labute approximate surface area is 167 Å². The molecule has 1 aromatic heterocycles.